The van der Waals surface area contributed by atoms with Gasteiger partial charge in [-0.15, -0.1) is 0 Å². The molecule has 1 atom stereocenters. The predicted octanol–water partition coefficient (Wildman–Crippen LogP) is 3.84. The van der Waals surface area contributed by atoms with Gasteiger partial charge in [0.1, 0.15) is 5.75 Å². The van der Waals surface area contributed by atoms with E-state index in [1.165, 1.54) is 38.5 Å². The Balaban J connectivity index is 1.99. The molecule has 1 saturated carbocycles. The van der Waals surface area contributed by atoms with Crippen LogP contribution in [0.1, 0.15) is 57.1 Å². The van der Waals surface area contributed by atoms with E-state index in [4.69, 9.17) is 4.74 Å². The normalized spacial score (nSPS) is 19.6. The zero-order valence-corrected chi connectivity index (χ0v) is 10.6. The van der Waals surface area contributed by atoms with Gasteiger partial charge in [0.2, 0.25) is 0 Å². The van der Waals surface area contributed by atoms with Gasteiger partial charge in [0.15, 0.2) is 0 Å². The van der Waals surface area contributed by atoms with E-state index in [-0.39, 0.29) is 0 Å². The van der Waals surface area contributed by atoms with Gasteiger partial charge in [-0.2, -0.15) is 0 Å². The Morgan fingerprint density at radius 3 is 2.53 bits per heavy atom. The van der Waals surface area contributed by atoms with Crippen molar-refractivity contribution in [2.45, 2.75) is 57.7 Å². The number of aliphatic hydroxyl groups is 1. The van der Waals surface area contributed by atoms with Crippen LogP contribution in [0.5, 0.6) is 5.75 Å². The van der Waals surface area contributed by atoms with Crippen LogP contribution in [-0.2, 0) is 0 Å². The van der Waals surface area contributed by atoms with Gasteiger partial charge in [-0.1, -0.05) is 25.0 Å². The zero-order chi connectivity index (χ0) is 12.1. The lowest BCUT2D eigenvalue weighted by molar-refractivity contribution is 0.179. The second kappa shape index (κ2) is 6.06. The summed E-state index contributed by atoms with van der Waals surface area (Å²) in [5.74, 6) is 0.898. The molecule has 1 aliphatic carbocycles. The number of hydrogen-bond donors (Lipinski definition) is 1. The molecule has 0 saturated heterocycles. The SMILES string of the molecule is C[C@H](O)c1cccc(OC2CCCCCC2)c1. The summed E-state index contributed by atoms with van der Waals surface area (Å²) in [6.07, 6.45) is 7.51. The molecule has 2 nitrogen and oxygen atoms in total. The Hall–Kier alpha value is -1.02. The molecule has 2 rings (SSSR count). The fraction of sp³-hybridized carbons (Fsp3) is 0.600. The number of aliphatic hydroxyl groups excluding tert-OH is 1. The monoisotopic (exact) mass is 234 g/mol. The Kier molecular flexibility index (Phi) is 4.43. The highest BCUT2D eigenvalue weighted by Crippen LogP contribution is 2.24. The molecule has 17 heavy (non-hydrogen) atoms. The summed E-state index contributed by atoms with van der Waals surface area (Å²) in [7, 11) is 0. The molecule has 1 fully saturated rings. The zero-order valence-electron chi connectivity index (χ0n) is 10.6. The molecule has 1 aliphatic rings. The van der Waals surface area contributed by atoms with E-state index in [0.29, 0.717) is 6.10 Å². The molecular formula is C15H22O2. The minimum Gasteiger partial charge on any atom is -0.490 e. The molecule has 0 amide bonds. The Bertz CT molecular complexity index is 339. The predicted molar refractivity (Wildman–Crippen MR) is 69.2 cm³/mol. The number of rotatable bonds is 3. The largest absolute Gasteiger partial charge is 0.490 e. The van der Waals surface area contributed by atoms with Crippen LogP contribution < -0.4 is 4.74 Å². The second-order valence-corrected chi connectivity index (χ2v) is 4.98. The Morgan fingerprint density at radius 2 is 1.88 bits per heavy atom. The molecule has 2 heteroatoms. The topological polar surface area (TPSA) is 29.5 Å². The summed E-state index contributed by atoms with van der Waals surface area (Å²) in [6.45, 7) is 1.78. The van der Waals surface area contributed by atoms with Crippen molar-refractivity contribution in [2.24, 2.45) is 0 Å². The van der Waals surface area contributed by atoms with Crippen LogP contribution in [0.25, 0.3) is 0 Å². The smallest absolute Gasteiger partial charge is 0.120 e. The minimum atomic E-state index is -0.423. The van der Waals surface area contributed by atoms with E-state index in [2.05, 4.69) is 0 Å². The van der Waals surface area contributed by atoms with Gasteiger partial charge in [-0.05, 0) is 50.3 Å². The molecule has 0 bridgehead atoms. The maximum atomic E-state index is 9.54. The van der Waals surface area contributed by atoms with Gasteiger partial charge in [-0.3, -0.25) is 0 Å². The first-order valence-corrected chi connectivity index (χ1v) is 6.70. The summed E-state index contributed by atoms with van der Waals surface area (Å²) in [5.41, 5.74) is 0.927. The van der Waals surface area contributed by atoms with Crippen LogP contribution in [0, 0.1) is 0 Å². The Labute approximate surface area is 104 Å². The van der Waals surface area contributed by atoms with Gasteiger partial charge >= 0.3 is 0 Å². The highest BCUT2D eigenvalue weighted by atomic mass is 16.5. The van der Waals surface area contributed by atoms with Crippen molar-refractivity contribution in [1.82, 2.24) is 0 Å². The van der Waals surface area contributed by atoms with E-state index in [9.17, 15) is 5.11 Å². The van der Waals surface area contributed by atoms with Crippen LogP contribution in [0.3, 0.4) is 0 Å². The van der Waals surface area contributed by atoms with Crippen LogP contribution in [0.4, 0.5) is 0 Å². The third-order valence-electron chi connectivity index (χ3n) is 3.45. The lowest BCUT2D eigenvalue weighted by Crippen LogP contribution is -2.15. The fourth-order valence-corrected chi connectivity index (χ4v) is 2.40. The number of benzene rings is 1. The van der Waals surface area contributed by atoms with E-state index < -0.39 is 6.10 Å². The third-order valence-corrected chi connectivity index (χ3v) is 3.45. The van der Waals surface area contributed by atoms with Crippen molar-refractivity contribution in [2.75, 3.05) is 0 Å². The van der Waals surface area contributed by atoms with Crippen molar-refractivity contribution in [1.29, 1.82) is 0 Å². The molecule has 0 spiro atoms. The van der Waals surface area contributed by atoms with Crippen molar-refractivity contribution in [3.8, 4) is 5.75 Å². The van der Waals surface area contributed by atoms with Gasteiger partial charge in [0.25, 0.3) is 0 Å². The standard InChI is InChI=1S/C15H22O2/c1-12(16)13-7-6-10-15(11-13)17-14-8-4-2-3-5-9-14/h6-7,10-12,14,16H,2-5,8-9H2,1H3/t12-/m0/s1. The first kappa shape index (κ1) is 12.4. The van der Waals surface area contributed by atoms with Crippen molar-refractivity contribution < 1.29 is 9.84 Å². The van der Waals surface area contributed by atoms with Crippen LogP contribution >= 0.6 is 0 Å². The van der Waals surface area contributed by atoms with Crippen LogP contribution in [-0.4, -0.2) is 11.2 Å². The van der Waals surface area contributed by atoms with Crippen LogP contribution in [0.15, 0.2) is 24.3 Å². The summed E-state index contributed by atoms with van der Waals surface area (Å²) in [5, 5.41) is 9.54. The average Bonchev–Trinajstić information content (AvgIpc) is 2.58. The maximum Gasteiger partial charge on any atom is 0.120 e. The molecule has 94 valence electrons. The van der Waals surface area contributed by atoms with E-state index in [1.807, 2.05) is 24.3 Å². The molecule has 0 unspecified atom stereocenters. The van der Waals surface area contributed by atoms with E-state index in [1.54, 1.807) is 6.92 Å². The summed E-state index contributed by atoms with van der Waals surface area (Å²) in [4.78, 5) is 0. The van der Waals surface area contributed by atoms with Crippen molar-refractivity contribution >= 4 is 0 Å². The lowest BCUT2D eigenvalue weighted by Gasteiger charge is -2.17. The summed E-state index contributed by atoms with van der Waals surface area (Å²) in [6, 6.07) is 7.82. The first-order chi connectivity index (χ1) is 8.25. The maximum absolute atomic E-state index is 9.54. The number of hydrogen-bond acceptors (Lipinski definition) is 2. The average molecular weight is 234 g/mol. The summed E-state index contributed by atoms with van der Waals surface area (Å²) >= 11 is 0. The van der Waals surface area contributed by atoms with Gasteiger partial charge < -0.3 is 9.84 Å². The van der Waals surface area contributed by atoms with Crippen LogP contribution in [0.2, 0.25) is 0 Å². The van der Waals surface area contributed by atoms with Gasteiger partial charge in [-0.25, -0.2) is 0 Å². The van der Waals surface area contributed by atoms with E-state index in [0.717, 1.165) is 11.3 Å². The molecule has 1 aromatic rings. The fourth-order valence-electron chi connectivity index (χ4n) is 2.40. The third kappa shape index (κ3) is 3.74. The lowest BCUT2D eigenvalue weighted by atomic mass is 10.1. The molecule has 1 N–H and O–H groups in total. The molecule has 0 radical (unpaired) electrons. The molecule has 0 heterocycles. The summed E-state index contributed by atoms with van der Waals surface area (Å²) < 4.78 is 6.02. The van der Waals surface area contributed by atoms with Gasteiger partial charge in [0, 0.05) is 0 Å². The van der Waals surface area contributed by atoms with E-state index >= 15 is 0 Å². The first-order valence-electron chi connectivity index (χ1n) is 6.70. The van der Waals surface area contributed by atoms with Gasteiger partial charge in [0.05, 0.1) is 12.2 Å². The highest BCUT2D eigenvalue weighted by Gasteiger charge is 2.14. The second-order valence-electron chi connectivity index (χ2n) is 4.98. The molecule has 0 aromatic heterocycles. The molecule has 1 aromatic carbocycles. The highest BCUT2D eigenvalue weighted by molar-refractivity contribution is 5.29. The van der Waals surface area contributed by atoms with Crippen molar-refractivity contribution in [3.63, 3.8) is 0 Å². The molecule has 0 aliphatic heterocycles. The van der Waals surface area contributed by atoms with Crippen molar-refractivity contribution in [3.05, 3.63) is 29.8 Å². The Morgan fingerprint density at radius 1 is 1.18 bits per heavy atom. The quantitative estimate of drug-likeness (QED) is 0.805. The minimum absolute atomic E-state index is 0.363. The number of ether oxygens (including phenoxy) is 1. The molecular weight excluding hydrogens is 212 g/mol.